The molecule has 112 valence electrons. The Labute approximate surface area is 131 Å². The van der Waals surface area contributed by atoms with E-state index in [0.717, 1.165) is 28.6 Å². The predicted octanol–water partition coefficient (Wildman–Crippen LogP) is 4.02. The van der Waals surface area contributed by atoms with Gasteiger partial charge in [-0.25, -0.2) is 0 Å². The van der Waals surface area contributed by atoms with Crippen LogP contribution in [0.5, 0.6) is 11.5 Å². The molecule has 21 heavy (non-hydrogen) atoms. The van der Waals surface area contributed by atoms with Crippen LogP contribution in [0.4, 0.5) is 5.88 Å². The van der Waals surface area contributed by atoms with E-state index in [2.05, 4.69) is 21.1 Å². The summed E-state index contributed by atoms with van der Waals surface area (Å²) in [4.78, 5) is 0. The predicted molar refractivity (Wildman–Crippen MR) is 83.5 cm³/mol. The Hall–Kier alpha value is -1.69. The molecular weight excluding hydrogens is 336 g/mol. The summed E-state index contributed by atoms with van der Waals surface area (Å²) >= 11 is 3.56. The van der Waals surface area contributed by atoms with Gasteiger partial charge in [0, 0.05) is 11.6 Å². The molecule has 0 spiro atoms. The molecule has 1 fully saturated rings. The normalized spacial score (nSPS) is 15.3. The van der Waals surface area contributed by atoms with Crippen LogP contribution in [0, 0.1) is 0 Å². The molecule has 2 aromatic rings. The van der Waals surface area contributed by atoms with E-state index in [9.17, 15) is 0 Å². The number of halogens is 1. The summed E-state index contributed by atoms with van der Waals surface area (Å²) in [5.74, 6) is 1.70. The Morgan fingerprint density at radius 3 is 2.67 bits per heavy atom. The first kappa shape index (κ1) is 14.3. The second-order valence-electron chi connectivity index (χ2n) is 5.13. The van der Waals surface area contributed by atoms with E-state index >= 15 is 0 Å². The van der Waals surface area contributed by atoms with Crippen LogP contribution in [-0.2, 0) is 0 Å². The van der Waals surface area contributed by atoms with E-state index < -0.39 is 0 Å². The van der Waals surface area contributed by atoms with Crippen molar-refractivity contribution in [3.05, 3.63) is 22.7 Å². The van der Waals surface area contributed by atoms with Crippen molar-refractivity contribution in [1.82, 2.24) is 5.16 Å². The van der Waals surface area contributed by atoms with Gasteiger partial charge in [-0.1, -0.05) is 5.16 Å². The van der Waals surface area contributed by atoms with E-state index in [0.29, 0.717) is 11.4 Å². The molecule has 1 aromatic carbocycles. The maximum Gasteiger partial charge on any atom is 0.222 e. The zero-order valence-electron chi connectivity index (χ0n) is 11.8. The van der Waals surface area contributed by atoms with Crippen molar-refractivity contribution < 1.29 is 14.0 Å². The van der Waals surface area contributed by atoms with Gasteiger partial charge in [0.05, 0.1) is 17.7 Å². The molecule has 1 aliphatic rings. The smallest absolute Gasteiger partial charge is 0.222 e. The van der Waals surface area contributed by atoms with Crippen molar-refractivity contribution in [3.8, 4) is 22.8 Å². The van der Waals surface area contributed by atoms with E-state index in [4.69, 9.17) is 19.7 Å². The molecule has 5 nitrogen and oxygen atoms in total. The molecule has 3 rings (SSSR count). The average Bonchev–Trinajstić information content (AvgIpc) is 3.12. The number of benzene rings is 1. The van der Waals surface area contributed by atoms with Crippen LogP contribution >= 0.6 is 15.9 Å². The maximum atomic E-state index is 6.08. The van der Waals surface area contributed by atoms with Crippen molar-refractivity contribution in [2.45, 2.75) is 31.8 Å². The first-order valence-electron chi connectivity index (χ1n) is 6.94. The van der Waals surface area contributed by atoms with Gasteiger partial charge < -0.3 is 19.7 Å². The van der Waals surface area contributed by atoms with Gasteiger partial charge in [-0.05, 0) is 53.7 Å². The third kappa shape index (κ3) is 3.00. The second-order valence-corrected chi connectivity index (χ2v) is 5.98. The van der Waals surface area contributed by atoms with Crippen molar-refractivity contribution in [2.24, 2.45) is 0 Å². The highest BCUT2D eigenvalue weighted by atomic mass is 79.9. The van der Waals surface area contributed by atoms with Crippen molar-refractivity contribution in [1.29, 1.82) is 0 Å². The van der Waals surface area contributed by atoms with Gasteiger partial charge in [0.2, 0.25) is 5.88 Å². The highest BCUT2D eigenvalue weighted by Gasteiger charge is 2.21. The van der Waals surface area contributed by atoms with E-state index in [1.54, 1.807) is 13.2 Å². The van der Waals surface area contributed by atoms with E-state index in [1.807, 2.05) is 12.1 Å². The number of hydrogen-bond donors (Lipinski definition) is 1. The maximum absolute atomic E-state index is 6.08. The number of hydrogen-bond acceptors (Lipinski definition) is 5. The Balaban J connectivity index is 1.94. The van der Waals surface area contributed by atoms with E-state index in [-0.39, 0.29) is 12.0 Å². The standard InChI is InChI=1S/C15H17BrN2O3/c1-19-13-7-9(12-8-14(17)21-18-12)6-11(16)15(13)20-10-4-2-3-5-10/h6-8,10H,2-5,17H2,1H3. The van der Waals surface area contributed by atoms with Crippen molar-refractivity contribution in [2.75, 3.05) is 12.8 Å². The third-order valence-electron chi connectivity index (χ3n) is 3.64. The van der Waals surface area contributed by atoms with Crippen LogP contribution < -0.4 is 15.2 Å². The molecule has 0 bridgehead atoms. The Kier molecular flexibility index (Phi) is 4.05. The molecular formula is C15H17BrN2O3. The number of rotatable bonds is 4. The van der Waals surface area contributed by atoms with Gasteiger partial charge in [-0.3, -0.25) is 0 Å². The molecule has 0 aliphatic heterocycles. The number of nitrogens with zero attached hydrogens (tertiary/aromatic N) is 1. The number of aromatic nitrogens is 1. The Morgan fingerprint density at radius 2 is 2.05 bits per heavy atom. The fraction of sp³-hybridized carbons (Fsp3) is 0.400. The lowest BCUT2D eigenvalue weighted by Crippen LogP contribution is -2.12. The van der Waals surface area contributed by atoms with Crippen molar-refractivity contribution in [3.63, 3.8) is 0 Å². The van der Waals surface area contributed by atoms with Crippen LogP contribution in [-0.4, -0.2) is 18.4 Å². The molecule has 6 heteroatoms. The summed E-state index contributed by atoms with van der Waals surface area (Å²) < 4.78 is 17.3. The lowest BCUT2D eigenvalue weighted by molar-refractivity contribution is 0.199. The summed E-state index contributed by atoms with van der Waals surface area (Å²) in [5, 5.41) is 3.92. The summed E-state index contributed by atoms with van der Waals surface area (Å²) in [5.41, 5.74) is 7.09. The van der Waals surface area contributed by atoms with E-state index in [1.165, 1.54) is 12.8 Å². The molecule has 0 saturated heterocycles. The van der Waals surface area contributed by atoms with Gasteiger partial charge in [0.15, 0.2) is 11.5 Å². The third-order valence-corrected chi connectivity index (χ3v) is 4.23. The lowest BCUT2D eigenvalue weighted by atomic mass is 10.1. The zero-order chi connectivity index (χ0) is 14.8. The average molecular weight is 353 g/mol. The molecule has 1 aromatic heterocycles. The summed E-state index contributed by atoms with van der Waals surface area (Å²) in [6, 6.07) is 5.50. The fourth-order valence-corrected chi connectivity index (χ4v) is 3.12. The molecule has 0 radical (unpaired) electrons. The van der Waals surface area contributed by atoms with Gasteiger partial charge in [0.25, 0.3) is 0 Å². The molecule has 1 saturated carbocycles. The molecule has 1 heterocycles. The first-order chi connectivity index (χ1) is 10.2. The summed E-state index contributed by atoms with van der Waals surface area (Å²) in [6.07, 6.45) is 4.90. The van der Waals surface area contributed by atoms with Crippen LogP contribution in [0.1, 0.15) is 25.7 Å². The van der Waals surface area contributed by atoms with Gasteiger partial charge in [0.1, 0.15) is 5.69 Å². The first-order valence-corrected chi connectivity index (χ1v) is 7.73. The van der Waals surface area contributed by atoms with Crippen molar-refractivity contribution >= 4 is 21.8 Å². The largest absolute Gasteiger partial charge is 0.493 e. The van der Waals surface area contributed by atoms with Crippen LogP contribution in [0.3, 0.4) is 0 Å². The minimum Gasteiger partial charge on any atom is -0.493 e. The molecule has 0 atom stereocenters. The van der Waals surface area contributed by atoms with Crippen LogP contribution in [0.25, 0.3) is 11.3 Å². The molecule has 1 aliphatic carbocycles. The summed E-state index contributed by atoms with van der Waals surface area (Å²) in [6.45, 7) is 0. The van der Waals surface area contributed by atoms with Crippen LogP contribution in [0.2, 0.25) is 0 Å². The fourth-order valence-electron chi connectivity index (χ4n) is 2.58. The van der Waals surface area contributed by atoms with Crippen LogP contribution in [0.15, 0.2) is 27.2 Å². The molecule has 0 amide bonds. The quantitative estimate of drug-likeness (QED) is 0.899. The van der Waals surface area contributed by atoms with Gasteiger partial charge >= 0.3 is 0 Å². The Morgan fingerprint density at radius 1 is 1.29 bits per heavy atom. The summed E-state index contributed by atoms with van der Waals surface area (Å²) in [7, 11) is 1.63. The minimum atomic E-state index is 0.267. The molecule has 0 unspecified atom stereocenters. The number of ether oxygens (including phenoxy) is 2. The number of methoxy groups -OCH3 is 1. The van der Waals surface area contributed by atoms with Gasteiger partial charge in [-0.15, -0.1) is 0 Å². The zero-order valence-corrected chi connectivity index (χ0v) is 13.4. The second kappa shape index (κ2) is 5.97. The topological polar surface area (TPSA) is 70.5 Å². The van der Waals surface area contributed by atoms with Gasteiger partial charge in [-0.2, -0.15) is 0 Å². The molecule has 2 N–H and O–H groups in total. The minimum absolute atomic E-state index is 0.267. The Bertz CT molecular complexity index is 636. The monoisotopic (exact) mass is 352 g/mol. The number of anilines is 1. The highest BCUT2D eigenvalue weighted by Crippen LogP contribution is 2.41. The SMILES string of the molecule is COc1cc(-c2cc(N)on2)cc(Br)c1OC1CCCC1. The highest BCUT2D eigenvalue weighted by molar-refractivity contribution is 9.10. The number of nitrogens with two attached hydrogens (primary N) is 1. The number of nitrogen functional groups attached to an aromatic ring is 1. The lowest BCUT2D eigenvalue weighted by Gasteiger charge is -2.18.